The molecule has 154 valence electrons. The minimum atomic E-state index is 0.228. The van der Waals surface area contributed by atoms with Gasteiger partial charge in [-0.2, -0.15) is 0 Å². The van der Waals surface area contributed by atoms with E-state index in [1.165, 1.54) is 12.0 Å². The number of nitrogens with one attached hydrogen (secondary N) is 2. The molecule has 7 nitrogen and oxygen atoms in total. The second-order valence-electron chi connectivity index (χ2n) is 7.99. The fraction of sp³-hybridized carbons (Fsp3) is 0.500. The molecule has 0 radical (unpaired) electrons. The maximum atomic E-state index is 11.9. The number of hydrogen-bond donors (Lipinski definition) is 2. The second kappa shape index (κ2) is 8.88. The second-order valence-corrected chi connectivity index (χ2v) is 7.99. The third-order valence-corrected chi connectivity index (χ3v) is 5.63. The number of rotatable bonds is 7. The van der Waals surface area contributed by atoms with Gasteiger partial charge in [0.15, 0.2) is 0 Å². The lowest BCUT2D eigenvalue weighted by Crippen LogP contribution is -2.23. The maximum Gasteiger partial charge on any atom is 0.227 e. The first-order valence-corrected chi connectivity index (χ1v) is 10.5. The molecule has 0 aliphatic carbocycles. The fourth-order valence-corrected chi connectivity index (χ4v) is 4.13. The van der Waals surface area contributed by atoms with Crippen molar-refractivity contribution >= 4 is 17.4 Å². The molecular weight excluding hydrogens is 364 g/mol. The number of benzene rings is 1. The molecule has 1 aromatic carbocycles. The normalized spacial score (nSPS) is 19.3. The van der Waals surface area contributed by atoms with Crippen LogP contribution >= 0.6 is 0 Å². The van der Waals surface area contributed by atoms with Gasteiger partial charge in [0.05, 0.1) is 11.7 Å². The number of carbonyl (C=O) groups is 1. The molecule has 2 aromatic rings. The number of hydrogen-bond acceptors (Lipinski definition) is 6. The van der Waals surface area contributed by atoms with Crippen LogP contribution in [0, 0.1) is 0 Å². The van der Waals surface area contributed by atoms with Crippen LogP contribution in [0.5, 0.6) is 0 Å². The quantitative estimate of drug-likeness (QED) is 0.752. The monoisotopic (exact) mass is 394 g/mol. The van der Waals surface area contributed by atoms with Crippen LogP contribution in [-0.4, -0.2) is 48.0 Å². The van der Waals surface area contributed by atoms with Gasteiger partial charge in [0.1, 0.15) is 11.6 Å². The van der Waals surface area contributed by atoms with Crippen LogP contribution in [0.4, 0.5) is 11.5 Å². The van der Waals surface area contributed by atoms with E-state index in [9.17, 15) is 4.79 Å². The number of aromatic nitrogens is 2. The molecule has 7 heteroatoms. The van der Waals surface area contributed by atoms with Crippen molar-refractivity contribution in [2.75, 3.05) is 37.4 Å². The first-order chi connectivity index (χ1) is 14.1. The predicted octanol–water partition coefficient (Wildman–Crippen LogP) is 2.70. The van der Waals surface area contributed by atoms with Crippen molar-refractivity contribution in [2.24, 2.45) is 0 Å². The van der Waals surface area contributed by atoms with Crippen molar-refractivity contribution in [1.29, 1.82) is 0 Å². The van der Waals surface area contributed by atoms with Gasteiger partial charge in [-0.05, 0) is 50.6 Å². The molecule has 0 saturated carbocycles. The molecule has 1 aromatic heterocycles. The smallest absolute Gasteiger partial charge is 0.227 e. The van der Waals surface area contributed by atoms with Crippen molar-refractivity contribution in [2.45, 2.75) is 44.8 Å². The summed E-state index contributed by atoms with van der Waals surface area (Å²) in [6.07, 6.45) is 3.88. The summed E-state index contributed by atoms with van der Waals surface area (Å²) in [6, 6.07) is 10.6. The van der Waals surface area contributed by atoms with Gasteiger partial charge < -0.3 is 15.5 Å². The Morgan fingerprint density at radius 1 is 1.21 bits per heavy atom. The Bertz CT molecular complexity index is 847. The molecule has 2 aliphatic heterocycles. The predicted molar refractivity (Wildman–Crippen MR) is 115 cm³/mol. The standard InChI is InChI=1S/C22H30N6O/c1-23-20-13-17(25-22(26-20)19-5-3-11-24-19)15-27(2)14-16-7-9-18(10-8-16)28-12-4-6-21(28)29/h7-10,13,19,24H,3-6,11-12,14-15H2,1-2H3,(H,23,25,26). The highest BCUT2D eigenvalue weighted by Crippen LogP contribution is 2.23. The fourth-order valence-electron chi connectivity index (χ4n) is 4.13. The van der Waals surface area contributed by atoms with Crippen molar-refractivity contribution in [3.63, 3.8) is 0 Å². The van der Waals surface area contributed by atoms with E-state index in [4.69, 9.17) is 4.98 Å². The third kappa shape index (κ3) is 4.74. The highest BCUT2D eigenvalue weighted by Gasteiger charge is 2.22. The van der Waals surface area contributed by atoms with Gasteiger partial charge in [-0.15, -0.1) is 0 Å². The maximum absolute atomic E-state index is 11.9. The minimum absolute atomic E-state index is 0.228. The highest BCUT2D eigenvalue weighted by atomic mass is 16.2. The Labute approximate surface area is 172 Å². The molecule has 2 aliphatic rings. The van der Waals surface area contributed by atoms with Crippen LogP contribution in [0.1, 0.15) is 48.8 Å². The van der Waals surface area contributed by atoms with E-state index in [2.05, 4.69) is 51.8 Å². The van der Waals surface area contributed by atoms with E-state index in [0.717, 1.165) is 62.0 Å². The largest absolute Gasteiger partial charge is 0.373 e. The zero-order valence-corrected chi connectivity index (χ0v) is 17.3. The van der Waals surface area contributed by atoms with E-state index < -0.39 is 0 Å². The van der Waals surface area contributed by atoms with E-state index in [-0.39, 0.29) is 11.9 Å². The first kappa shape index (κ1) is 19.8. The molecule has 1 amide bonds. The van der Waals surface area contributed by atoms with Crippen molar-refractivity contribution in [3.05, 3.63) is 47.4 Å². The summed E-state index contributed by atoms with van der Waals surface area (Å²) in [4.78, 5) is 25.5. The number of nitrogens with zero attached hydrogens (tertiary/aromatic N) is 4. The van der Waals surface area contributed by atoms with Crippen LogP contribution in [0.3, 0.4) is 0 Å². The zero-order valence-electron chi connectivity index (χ0n) is 17.3. The van der Waals surface area contributed by atoms with Crippen LogP contribution < -0.4 is 15.5 Å². The number of anilines is 2. The average Bonchev–Trinajstić information content (AvgIpc) is 3.40. The molecule has 29 heavy (non-hydrogen) atoms. The van der Waals surface area contributed by atoms with Crippen LogP contribution in [0.2, 0.25) is 0 Å². The van der Waals surface area contributed by atoms with Crippen LogP contribution in [-0.2, 0) is 17.9 Å². The Morgan fingerprint density at radius 3 is 2.69 bits per heavy atom. The summed E-state index contributed by atoms with van der Waals surface area (Å²) >= 11 is 0. The molecule has 2 fully saturated rings. The topological polar surface area (TPSA) is 73.4 Å². The van der Waals surface area contributed by atoms with E-state index in [1.807, 2.05) is 18.0 Å². The Kier molecular flexibility index (Phi) is 6.06. The summed E-state index contributed by atoms with van der Waals surface area (Å²) in [5.74, 6) is 1.98. The van der Waals surface area contributed by atoms with E-state index in [1.54, 1.807) is 0 Å². The van der Waals surface area contributed by atoms with Gasteiger partial charge in [0.2, 0.25) is 5.91 Å². The summed E-state index contributed by atoms with van der Waals surface area (Å²) < 4.78 is 0. The van der Waals surface area contributed by atoms with Gasteiger partial charge in [-0.25, -0.2) is 9.97 Å². The van der Waals surface area contributed by atoms with Crippen molar-refractivity contribution in [1.82, 2.24) is 20.2 Å². The molecule has 4 rings (SSSR count). The van der Waals surface area contributed by atoms with Gasteiger partial charge in [-0.3, -0.25) is 9.69 Å². The summed E-state index contributed by atoms with van der Waals surface area (Å²) in [6.45, 7) is 3.44. The average molecular weight is 395 g/mol. The molecular formula is C22H30N6O. The van der Waals surface area contributed by atoms with E-state index in [0.29, 0.717) is 6.42 Å². The summed E-state index contributed by atoms with van der Waals surface area (Å²) in [5.41, 5.74) is 3.25. The van der Waals surface area contributed by atoms with Gasteiger partial charge in [0, 0.05) is 44.9 Å². The molecule has 1 atom stereocenters. The molecule has 0 spiro atoms. The Morgan fingerprint density at radius 2 is 2.03 bits per heavy atom. The lowest BCUT2D eigenvalue weighted by Gasteiger charge is -2.19. The van der Waals surface area contributed by atoms with Crippen LogP contribution in [0.15, 0.2) is 30.3 Å². The number of carbonyl (C=O) groups excluding carboxylic acids is 1. The Hall–Kier alpha value is -2.51. The van der Waals surface area contributed by atoms with Gasteiger partial charge >= 0.3 is 0 Å². The minimum Gasteiger partial charge on any atom is -0.373 e. The number of amides is 1. The highest BCUT2D eigenvalue weighted by molar-refractivity contribution is 5.95. The summed E-state index contributed by atoms with van der Waals surface area (Å²) in [7, 11) is 4.00. The van der Waals surface area contributed by atoms with E-state index >= 15 is 0 Å². The molecule has 3 heterocycles. The lowest BCUT2D eigenvalue weighted by molar-refractivity contribution is -0.117. The molecule has 2 N–H and O–H groups in total. The molecule has 1 unspecified atom stereocenters. The first-order valence-electron chi connectivity index (χ1n) is 10.5. The van der Waals surface area contributed by atoms with Gasteiger partial charge in [-0.1, -0.05) is 12.1 Å². The van der Waals surface area contributed by atoms with Crippen molar-refractivity contribution in [3.8, 4) is 0 Å². The van der Waals surface area contributed by atoms with Crippen molar-refractivity contribution < 1.29 is 4.79 Å². The molecule has 2 saturated heterocycles. The third-order valence-electron chi connectivity index (χ3n) is 5.63. The zero-order chi connectivity index (χ0) is 20.2. The lowest BCUT2D eigenvalue weighted by atomic mass is 10.2. The SMILES string of the molecule is CNc1cc(CN(C)Cc2ccc(N3CCCC3=O)cc2)nc(C2CCCN2)n1. The van der Waals surface area contributed by atoms with Crippen LogP contribution in [0.25, 0.3) is 0 Å². The summed E-state index contributed by atoms with van der Waals surface area (Å²) in [5, 5.41) is 6.64. The molecule has 0 bridgehead atoms. The van der Waals surface area contributed by atoms with Gasteiger partial charge in [0.25, 0.3) is 0 Å². The Balaban J connectivity index is 1.40.